The molecule has 0 saturated carbocycles. The first-order valence-electron chi connectivity index (χ1n) is 14.3. The lowest BCUT2D eigenvalue weighted by atomic mass is 10.1. The van der Waals surface area contributed by atoms with E-state index in [1.54, 1.807) is 6.92 Å². The van der Waals surface area contributed by atoms with Gasteiger partial charge in [0, 0.05) is 19.4 Å². The zero-order valence-corrected chi connectivity index (χ0v) is 24.9. The van der Waals surface area contributed by atoms with E-state index in [-0.39, 0.29) is 44.5 Å². The van der Waals surface area contributed by atoms with E-state index in [0.29, 0.717) is 32.5 Å². The maximum absolute atomic E-state index is 11.4. The van der Waals surface area contributed by atoms with Gasteiger partial charge in [0.1, 0.15) is 6.10 Å². The van der Waals surface area contributed by atoms with Crippen LogP contribution < -0.4 is 0 Å². The second-order valence-electron chi connectivity index (χ2n) is 9.18. The fraction of sp³-hybridized carbons (Fsp3) is 0.929. The van der Waals surface area contributed by atoms with Crippen LogP contribution in [-0.2, 0) is 19.1 Å². The van der Waals surface area contributed by atoms with Crippen molar-refractivity contribution in [3.63, 3.8) is 0 Å². The average Bonchev–Trinajstić information content (AvgIpc) is 2.91. The van der Waals surface area contributed by atoms with Crippen molar-refractivity contribution in [3.8, 4) is 0 Å². The number of aliphatic hydroxyl groups excluding tert-OH is 7. The quantitative estimate of drug-likeness (QED) is 0.0835. The smallest absolute Gasteiger partial charge is 0.305 e. The summed E-state index contributed by atoms with van der Waals surface area (Å²) in [7, 11) is 0. The van der Waals surface area contributed by atoms with Crippen molar-refractivity contribution in [1.29, 1.82) is 0 Å². The van der Waals surface area contributed by atoms with E-state index in [9.17, 15) is 9.59 Å². The minimum absolute atomic E-state index is 0.0664. The Hall–Kier alpha value is -1.34. The lowest BCUT2D eigenvalue weighted by Gasteiger charge is -2.05. The molecule has 0 aromatic carbocycles. The molecule has 0 aliphatic carbocycles. The van der Waals surface area contributed by atoms with Crippen molar-refractivity contribution >= 4 is 11.9 Å². The second kappa shape index (κ2) is 38.8. The molecular formula is C28H60O11. The van der Waals surface area contributed by atoms with E-state index in [4.69, 9.17) is 45.2 Å². The Morgan fingerprint density at radius 3 is 1.15 bits per heavy atom. The molecule has 238 valence electrons. The van der Waals surface area contributed by atoms with E-state index in [1.807, 2.05) is 0 Å². The van der Waals surface area contributed by atoms with Crippen LogP contribution in [-0.4, -0.2) is 106 Å². The number of ether oxygens (including phenoxy) is 2. The fourth-order valence-corrected chi connectivity index (χ4v) is 2.30. The molecule has 39 heavy (non-hydrogen) atoms. The van der Waals surface area contributed by atoms with Crippen LogP contribution in [0.2, 0.25) is 0 Å². The molecule has 2 atom stereocenters. The molecule has 11 heteroatoms. The van der Waals surface area contributed by atoms with Gasteiger partial charge in [0.25, 0.3) is 0 Å². The third-order valence-corrected chi connectivity index (χ3v) is 4.77. The first-order chi connectivity index (χ1) is 18.6. The maximum atomic E-state index is 11.4. The molecule has 0 aromatic rings. The summed E-state index contributed by atoms with van der Waals surface area (Å²) in [5.74, 6) is -0.133. The molecule has 0 saturated heterocycles. The Balaban J connectivity index is -0.000000290. The molecule has 0 aliphatic heterocycles. The van der Waals surface area contributed by atoms with Crippen molar-refractivity contribution < 1.29 is 54.8 Å². The molecule has 0 heterocycles. The van der Waals surface area contributed by atoms with Crippen LogP contribution in [0.15, 0.2) is 0 Å². The summed E-state index contributed by atoms with van der Waals surface area (Å²) in [5, 5.41) is 56.5. The van der Waals surface area contributed by atoms with Crippen molar-refractivity contribution in [1.82, 2.24) is 0 Å². The first-order valence-corrected chi connectivity index (χ1v) is 14.3. The molecular weight excluding hydrogens is 512 g/mol. The minimum Gasteiger partial charge on any atom is -0.466 e. The third-order valence-electron chi connectivity index (χ3n) is 4.77. The third kappa shape index (κ3) is 53.6. The van der Waals surface area contributed by atoms with Crippen molar-refractivity contribution in [3.05, 3.63) is 0 Å². The zero-order chi connectivity index (χ0) is 30.7. The molecule has 0 bridgehead atoms. The molecule has 0 spiro atoms. The number of aliphatic hydroxyl groups is 7. The molecule has 0 aromatic heterocycles. The van der Waals surface area contributed by atoms with Crippen molar-refractivity contribution in [2.24, 2.45) is 0 Å². The van der Waals surface area contributed by atoms with Gasteiger partial charge in [-0.2, -0.15) is 0 Å². The highest BCUT2D eigenvalue weighted by Gasteiger charge is 2.03. The number of carbonyl (C=O) groups is 2. The molecule has 2 unspecified atom stereocenters. The molecule has 0 rings (SSSR count). The van der Waals surface area contributed by atoms with E-state index in [2.05, 4.69) is 13.8 Å². The average molecular weight is 573 g/mol. The van der Waals surface area contributed by atoms with Gasteiger partial charge in [-0.3, -0.25) is 9.59 Å². The van der Waals surface area contributed by atoms with Crippen LogP contribution >= 0.6 is 0 Å². The number of hydrogen-bond acceptors (Lipinski definition) is 11. The zero-order valence-electron chi connectivity index (χ0n) is 24.9. The van der Waals surface area contributed by atoms with Crippen LogP contribution in [0.5, 0.6) is 0 Å². The van der Waals surface area contributed by atoms with Gasteiger partial charge in [0.2, 0.25) is 0 Å². The topological polar surface area (TPSA) is 194 Å². The van der Waals surface area contributed by atoms with Gasteiger partial charge in [0.05, 0.1) is 45.2 Å². The lowest BCUT2D eigenvalue weighted by Crippen LogP contribution is -2.15. The molecule has 0 amide bonds. The minimum atomic E-state index is -0.954. The van der Waals surface area contributed by atoms with E-state index >= 15 is 0 Å². The van der Waals surface area contributed by atoms with Gasteiger partial charge in [0.15, 0.2) is 0 Å². The second-order valence-corrected chi connectivity index (χ2v) is 9.18. The highest BCUT2D eigenvalue weighted by molar-refractivity contribution is 5.69. The standard InChI is InChI=1S/C18H34O4.C4H10O2.C3H8O3.C3H8O2/c1-3-5-15-21-17(19)13-11-9-7-8-10-12-14-18(20)22-16-6-4-2;1-4(6)2-3-5;4-1-3(6)2-5;1-3(5)2-4/h3-16H2,1-2H3;4-6H,2-3H2,1H3;3-6H,1-2H2;3-5H,2H2,1H3. The molecule has 0 radical (unpaired) electrons. The van der Waals surface area contributed by atoms with Gasteiger partial charge >= 0.3 is 11.9 Å². The molecule has 0 fully saturated rings. The summed E-state index contributed by atoms with van der Waals surface area (Å²) in [5.41, 5.74) is 0. The largest absolute Gasteiger partial charge is 0.466 e. The van der Waals surface area contributed by atoms with Crippen LogP contribution in [0.25, 0.3) is 0 Å². The summed E-state index contributed by atoms with van der Waals surface area (Å²) in [6.07, 6.45) is 9.87. The number of hydrogen-bond donors (Lipinski definition) is 7. The summed E-state index contributed by atoms with van der Waals surface area (Å²) in [4.78, 5) is 22.7. The lowest BCUT2D eigenvalue weighted by molar-refractivity contribution is -0.144. The monoisotopic (exact) mass is 572 g/mol. The number of carbonyl (C=O) groups excluding carboxylic acids is 2. The highest BCUT2D eigenvalue weighted by Crippen LogP contribution is 2.10. The van der Waals surface area contributed by atoms with E-state index in [0.717, 1.165) is 64.2 Å². The number of esters is 2. The SMILES string of the molecule is CC(O)CCO.CC(O)CO.CCCCOC(=O)CCCCCCCCC(=O)OCCCC.OCC(O)CO. The Kier molecular flexibility index (Phi) is 44.4. The first kappa shape index (κ1) is 44.7. The number of rotatable bonds is 20. The fourth-order valence-electron chi connectivity index (χ4n) is 2.30. The molecule has 0 aliphatic rings. The van der Waals surface area contributed by atoms with Gasteiger partial charge < -0.3 is 45.2 Å². The van der Waals surface area contributed by atoms with Crippen LogP contribution in [0, 0.1) is 0 Å². The Morgan fingerprint density at radius 2 is 0.949 bits per heavy atom. The molecule has 7 N–H and O–H groups in total. The summed E-state index contributed by atoms with van der Waals surface area (Å²) < 4.78 is 10.2. The maximum Gasteiger partial charge on any atom is 0.305 e. The van der Waals surface area contributed by atoms with Crippen LogP contribution in [0.1, 0.15) is 111 Å². The Morgan fingerprint density at radius 1 is 0.590 bits per heavy atom. The number of unbranched alkanes of at least 4 members (excludes halogenated alkanes) is 7. The van der Waals surface area contributed by atoms with Gasteiger partial charge in [-0.1, -0.05) is 52.4 Å². The van der Waals surface area contributed by atoms with Crippen molar-refractivity contribution in [2.45, 2.75) is 129 Å². The summed E-state index contributed by atoms with van der Waals surface area (Å²) >= 11 is 0. The van der Waals surface area contributed by atoms with Crippen LogP contribution in [0.4, 0.5) is 0 Å². The van der Waals surface area contributed by atoms with Gasteiger partial charge in [-0.15, -0.1) is 0 Å². The highest BCUT2D eigenvalue weighted by atomic mass is 16.5. The molecule has 11 nitrogen and oxygen atoms in total. The van der Waals surface area contributed by atoms with Gasteiger partial charge in [-0.05, 0) is 46.0 Å². The van der Waals surface area contributed by atoms with E-state index in [1.165, 1.54) is 6.92 Å². The summed E-state index contributed by atoms with van der Waals surface area (Å²) in [6.45, 7) is 7.67. The van der Waals surface area contributed by atoms with Crippen molar-refractivity contribution in [2.75, 3.05) is 39.6 Å². The van der Waals surface area contributed by atoms with Gasteiger partial charge in [-0.25, -0.2) is 0 Å². The van der Waals surface area contributed by atoms with Crippen LogP contribution in [0.3, 0.4) is 0 Å². The Labute approximate surface area is 236 Å². The normalized spacial score (nSPS) is 11.6. The van der Waals surface area contributed by atoms with E-state index < -0.39 is 12.2 Å². The summed E-state index contributed by atoms with van der Waals surface area (Å²) in [6, 6.07) is 0. The predicted octanol–water partition coefficient (Wildman–Crippen LogP) is 2.23. The Bertz CT molecular complexity index is 442. The predicted molar refractivity (Wildman–Crippen MR) is 151 cm³/mol.